The van der Waals surface area contributed by atoms with E-state index in [-0.39, 0.29) is 11.5 Å². The summed E-state index contributed by atoms with van der Waals surface area (Å²) in [6.45, 7) is 7.01. The summed E-state index contributed by atoms with van der Waals surface area (Å²) in [5.41, 5.74) is 0.952. The average Bonchev–Trinajstić information content (AvgIpc) is 2.92. The molecule has 0 radical (unpaired) electrons. The molecule has 22 heavy (non-hydrogen) atoms. The van der Waals surface area contributed by atoms with Crippen LogP contribution in [0.2, 0.25) is 0 Å². The molecule has 2 aliphatic heterocycles. The van der Waals surface area contributed by atoms with Crippen LogP contribution in [0.4, 0.5) is 0 Å². The van der Waals surface area contributed by atoms with Crippen LogP contribution in [0.3, 0.4) is 0 Å². The molecule has 120 valence electrons. The monoisotopic (exact) mass is 302 g/mol. The van der Waals surface area contributed by atoms with Crippen molar-refractivity contribution in [2.24, 2.45) is 11.8 Å². The molecular formula is C18H26N2O2. The van der Waals surface area contributed by atoms with Gasteiger partial charge >= 0.3 is 0 Å². The summed E-state index contributed by atoms with van der Waals surface area (Å²) in [5, 5.41) is 0. The zero-order chi connectivity index (χ0) is 15.6. The van der Waals surface area contributed by atoms with E-state index < -0.39 is 0 Å². The molecule has 4 nitrogen and oxygen atoms in total. The fourth-order valence-corrected chi connectivity index (χ4v) is 3.69. The number of likely N-dealkylation sites (tertiary alicyclic amines) is 1. The molecule has 0 saturated carbocycles. The van der Waals surface area contributed by atoms with E-state index in [2.05, 4.69) is 18.8 Å². The first kappa shape index (κ1) is 15.5. The maximum absolute atomic E-state index is 12.6. The Morgan fingerprint density at radius 2 is 2.23 bits per heavy atom. The molecular weight excluding hydrogens is 276 g/mol. The molecule has 1 aromatic heterocycles. The lowest BCUT2D eigenvalue weighted by Gasteiger charge is -2.40. The number of ether oxygens (including phenoxy) is 1. The Hall–Kier alpha value is -1.42. The highest BCUT2D eigenvalue weighted by molar-refractivity contribution is 5.79. The third-order valence-electron chi connectivity index (χ3n) is 5.18. The summed E-state index contributed by atoms with van der Waals surface area (Å²) >= 11 is 0. The minimum atomic E-state index is -0.0823. The summed E-state index contributed by atoms with van der Waals surface area (Å²) in [7, 11) is 0. The van der Waals surface area contributed by atoms with Gasteiger partial charge in [0, 0.05) is 25.5 Å². The molecule has 3 heterocycles. The van der Waals surface area contributed by atoms with Crippen LogP contribution in [0.15, 0.2) is 24.5 Å². The molecule has 3 rings (SSSR count). The van der Waals surface area contributed by atoms with Crippen LogP contribution in [-0.2, 0) is 16.0 Å². The molecule has 0 aliphatic carbocycles. The van der Waals surface area contributed by atoms with Crippen molar-refractivity contribution in [3.05, 3.63) is 30.1 Å². The van der Waals surface area contributed by atoms with Crippen LogP contribution in [-0.4, -0.2) is 41.1 Å². The first-order valence-electron chi connectivity index (χ1n) is 8.39. The minimum absolute atomic E-state index is 0.0823. The van der Waals surface area contributed by atoms with Crippen LogP contribution in [0.1, 0.15) is 38.7 Å². The Bertz CT molecular complexity index is 517. The molecule has 0 aromatic carbocycles. The second-order valence-electron chi connectivity index (χ2n) is 7.15. The topological polar surface area (TPSA) is 42.4 Å². The van der Waals surface area contributed by atoms with Crippen molar-refractivity contribution >= 4 is 5.91 Å². The molecule has 2 fully saturated rings. The highest BCUT2D eigenvalue weighted by Crippen LogP contribution is 2.40. The fraction of sp³-hybridized carbons (Fsp3) is 0.667. The molecule has 2 atom stereocenters. The highest BCUT2D eigenvalue weighted by Gasteiger charge is 2.44. The quantitative estimate of drug-likeness (QED) is 0.862. The minimum Gasteiger partial charge on any atom is -0.373 e. The van der Waals surface area contributed by atoms with Crippen LogP contribution >= 0.6 is 0 Å². The van der Waals surface area contributed by atoms with Gasteiger partial charge in [-0.25, -0.2) is 0 Å². The van der Waals surface area contributed by atoms with Gasteiger partial charge in [0.1, 0.15) is 0 Å². The number of pyridine rings is 1. The number of hydrogen-bond donors (Lipinski definition) is 0. The van der Waals surface area contributed by atoms with Gasteiger partial charge in [-0.15, -0.1) is 0 Å². The molecule has 2 unspecified atom stereocenters. The molecule has 0 N–H and O–H groups in total. The Labute approximate surface area is 132 Å². The average molecular weight is 302 g/mol. The normalized spacial score (nSPS) is 28.5. The summed E-state index contributed by atoms with van der Waals surface area (Å²) in [6, 6.07) is 3.83. The van der Waals surface area contributed by atoms with E-state index >= 15 is 0 Å². The Balaban J connectivity index is 1.62. The second kappa shape index (κ2) is 6.37. The van der Waals surface area contributed by atoms with Gasteiger partial charge in [-0.05, 0) is 48.8 Å². The maximum Gasteiger partial charge on any atom is 0.227 e. The molecule has 1 amide bonds. The van der Waals surface area contributed by atoms with Crippen LogP contribution < -0.4 is 0 Å². The number of hydrogen-bond acceptors (Lipinski definition) is 3. The first-order chi connectivity index (χ1) is 10.6. The van der Waals surface area contributed by atoms with Gasteiger partial charge in [0.25, 0.3) is 0 Å². The zero-order valence-corrected chi connectivity index (χ0v) is 13.6. The van der Waals surface area contributed by atoms with Gasteiger partial charge in [-0.1, -0.05) is 13.8 Å². The second-order valence-corrected chi connectivity index (χ2v) is 7.15. The Morgan fingerprint density at radius 1 is 1.45 bits per heavy atom. The number of carbonyl (C=O) groups excluding carboxylic acids is 1. The van der Waals surface area contributed by atoms with Gasteiger partial charge in [0.15, 0.2) is 0 Å². The van der Waals surface area contributed by atoms with Gasteiger partial charge in [0.2, 0.25) is 5.91 Å². The van der Waals surface area contributed by atoms with Crippen LogP contribution in [0.25, 0.3) is 0 Å². The summed E-state index contributed by atoms with van der Waals surface area (Å²) in [5.74, 6) is 1.50. The maximum atomic E-state index is 12.6. The van der Waals surface area contributed by atoms with Gasteiger partial charge in [-0.2, -0.15) is 0 Å². The highest BCUT2D eigenvalue weighted by atomic mass is 16.5. The third-order valence-corrected chi connectivity index (χ3v) is 5.18. The summed E-state index contributed by atoms with van der Waals surface area (Å²) in [4.78, 5) is 18.6. The predicted octanol–water partition coefficient (Wildman–Crippen LogP) is 2.68. The standard InChI is InChI=1S/C18H26N2O2/c1-14(2)16-11-18(22-12-16)6-3-9-20(13-18)17(21)10-15-4-7-19-8-5-15/h4-5,7-8,14,16H,3,6,9-13H2,1-2H3. The van der Waals surface area contributed by atoms with Crippen molar-refractivity contribution in [2.75, 3.05) is 19.7 Å². The van der Waals surface area contributed by atoms with Crippen molar-refractivity contribution < 1.29 is 9.53 Å². The smallest absolute Gasteiger partial charge is 0.227 e. The van der Waals surface area contributed by atoms with Crippen molar-refractivity contribution in [1.82, 2.24) is 9.88 Å². The number of amides is 1. The van der Waals surface area contributed by atoms with E-state index in [0.29, 0.717) is 18.3 Å². The number of rotatable bonds is 3. The van der Waals surface area contributed by atoms with Gasteiger partial charge in [-0.3, -0.25) is 9.78 Å². The fourth-order valence-electron chi connectivity index (χ4n) is 3.69. The van der Waals surface area contributed by atoms with Crippen LogP contribution in [0, 0.1) is 11.8 Å². The SMILES string of the molecule is CC(C)C1COC2(CCCN(C(=O)Cc3ccncc3)C2)C1. The van der Waals surface area contributed by atoms with E-state index in [1.807, 2.05) is 17.0 Å². The van der Waals surface area contributed by atoms with Crippen molar-refractivity contribution in [1.29, 1.82) is 0 Å². The summed E-state index contributed by atoms with van der Waals surface area (Å²) in [6.07, 6.45) is 7.19. The molecule has 0 bridgehead atoms. The lowest BCUT2D eigenvalue weighted by Crippen LogP contribution is -2.50. The first-order valence-corrected chi connectivity index (χ1v) is 8.39. The number of nitrogens with zero attached hydrogens (tertiary/aromatic N) is 2. The lowest BCUT2D eigenvalue weighted by atomic mass is 9.83. The van der Waals surface area contributed by atoms with Gasteiger partial charge in [0.05, 0.1) is 18.6 Å². The molecule has 2 aliphatic rings. The Morgan fingerprint density at radius 3 is 2.91 bits per heavy atom. The molecule has 2 saturated heterocycles. The van der Waals surface area contributed by atoms with E-state index in [0.717, 1.165) is 44.5 Å². The number of carbonyl (C=O) groups is 1. The Kier molecular flexibility index (Phi) is 4.48. The molecule has 1 spiro atoms. The van der Waals surface area contributed by atoms with Crippen molar-refractivity contribution in [2.45, 2.75) is 45.1 Å². The molecule has 4 heteroatoms. The van der Waals surface area contributed by atoms with E-state index in [9.17, 15) is 4.79 Å². The van der Waals surface area contributed by atoms with Gasteiger partial charge < -0.3 is 9.64 Å². The third kappa shape index (κ3) is 3.32. The lowest BCUT2D eigenvalue weighted by molar-refractivity contribution is -0.138. The van der Waals surface area contributed by atoms with E-state index in [1.54, 1.807) is 12.4 Å². The number of aromatic nitrogens is 1. The van der Waals surface area contributed by atoms with Crippen LogP contribution in [0.5, 0.6) is 0 Å². The number of piperidine rings is 1. The van der Waals surface area contributed by atoms with Crippen molar-refractivity contribution in [3.63, 3.8) is 0 Å². The van der Waals surface area contributed by atoms with E-state index in [1.165, 1.54) is 0 Å². The predicted molar refractivity (Wildman–Crippen MR) is 85.4 cm³/mol. The summed E-state index contributed by atoms with van der Waals surface area (Å²) < 4.78 is 6.18. The van der Waals surface area contributed by atoms with Crippen molar-refractivity contribution in [3.8, 4) is 0 Å². The molecule has 1 aromatic rings. The zero-order valence-electron chi connectivity index (χ0n) is 13.6. The largest absolute Gasteiger partial charge is 0.373 e. The van der Waals surface area contributed by atoms with E-state index in [4.69, 9.17) is 4.74 Å².